The standard InChI is InChI=1S/C14H13N5O3/c1-7-3-10(19-18-7)13(20)16-9-4-8-5-11(14(21)22-2)17-12(8)15-6-9/h3-6H,1-2H3,(H,15,17)(H,16,20)(H,18,19). The van der Waals surface area contributed by atoms with Gasteiger partial charge in [0.1, 0.15) is 17.0 Å². The first-order chi connectivity index (χ1) is 10.6. The topological polar surface area (TPSA) is 113 Å². The molecule has 8 heteroatoms. The zero-order valence-electron chi connectivity index (χ0n) is 11.9. The molecule has 112 valence electrons. The average molecular weight is 299 g/mol. The van der Waals surface area contributed by atoms with Crippen molar-refractivity contribution < 1.29 is 14.3 Å². The third-order valence-electron chi connectivity index (χ3n) is 3.08. The van der Waals surface area contributed by atoms with Gasteiger partial charge in [-0.2, -0.15) is 5.10 Å². The highest BCUT2D eigenvalue weighted by Gasteiger charge is 2.12. The number of aromatic nitrogens is 4. The molecule has 0 radical (unpaired) electrons. The largest absolute Gasteiger partial charge is 0.464 e. The second kappa shape index (κ2) is 5.32. The lowest BCUT2D eigenvalue weighted by atomic mass is 10.3. The molecular formula is C14H13N5O3. The molecule has 8 nitrogen and oxygen atoms in total. The minimum Gasteiger partial charge on any atom is -0.464 e. The van der Waals surface area contributed by atoms with Crippen LogP contribution in [0, 0.1) is 6.92 Å². The number of rotatable bonds is 3. The predicted molar refractivity (Wildman–Crippen MR) is 78.7 cm³/mol. The zero-order valence-corrected chi connectivity index (χ0v) is 11.9. The average Bonchev–Trinajstić information content (AvgIpc) is 3.12. The Kier molecular flexibility index (Phi) is 3.34. The van der Waals surface area contributed by atoms with Gasteiger partial charge in [0.05, 0.1) is 24.7 Å². The lowest BCUT2D eigenvalue weighted by Gasteiger charge is -2.02. The van der Waals surface area contributed by atoms with Crippen LogP contribution in [0.1, 0.15) is 26.7 Å². The Morgan fingerprint density at radius 1 is 1.23 bits per heavy atom. The van der Waals surface area contributed by atoms with Crippen molar-refractivity contribution in [2.24, 2.45) is 0 Å². The fraction of sp³-hybridized carbons (Fsp3) is 0.143. The third-order valence-corrected chi connectivity index (χ3v) is 3.08. The van der Waals surface area contributed by atoms with E-state index in [9.17, 15) is 9.59 Å². The van der Waals surface area contributed by atoms with E-state index in [1.807, 2.05) is 0 Å². The highest BCUT2D eigenvalue weighted by molar-refractivity contribution is 6.03. The summed E-state index contributed by atoms with van der Waals surface area (Å²) in [5, 5.41) is 9.95. The molecule has 3 N–H and O–H groups in total. The molecule has 0 saturated carbocycles. The first-order valence-corrected chi connectivity index (χ1v) is 6.47. The number of esters is 1. The maximum atomic E-state index is 12.0. The van der Waals surface area contributed by atoms with Gasteiger partial charge in [0.2, 0.25) is 0 Å². The van der Waals surface area contributed by atoms with E-state index in [1.54, 1.807) is 25.1 Å². The molecule has 0 atom stereocenters. The number of hydrogen-bond acceptors (Lipinski definition) is 5. The van der Waals surface area contributed by atoms with Crippen molar-refractivity contribution in [3.05, 3.63) is 41.5 Å². The first kappa shape index (κ1) is 13.8. The van der Waals surface area contributed by atoms with E-state index in [-0.39, 0.29) is 5.91 Å². The summed E-state index contributed by atoms with van der Waals surface area (Å²) < 4.78 is 4.64. The van der Waals surface area contributed by atoms with Crippen LogP contribution in [0.5, 0.6) is 0 Å². The Morgan fingerprint density at radius 2 is 2.05 bits per heavy atom. The molecule has 3 rings (SSSR count). The Hall–Kier alpha value is -3.16. The van der Waals surface area contributed by atoms with E-state index in [0.717, 1.165) is 5.69 Å². The summed E-state index contributed by atoms with van der Waals surface area (Å²) in [6.07, 6.45) is 1.50. The SMILES string of the molecule is COC(=O)c1cc2cc(NC(=O)c3cc(C)n[nH]3)cnc2[nH]1. The minimum absolute atomic E-state index is 0.303. The van der Waals surface area contributed by atoms with Crippen LogP contribution in [0.3, 0.4) is 0 Å². The van der Waals surface area contributed by atoms with Gasteiger partial charge in [-0.3, -0.25) is 9.89 Å². The second-order valence-electron chi connectivity index (χ2n) is 4.71. The maximum absolute atomic E-state index is 12.0. The van der Waals surface area contributed by atoms with Crippen LogP contribution in [0.4, 0.5) is 5.69 Å². The summed E-state index contributed by atoms with van der Waals surface area (Å²) in [5.74, 6) is -0.790. The van der Waals surface area contributed by atoms with Gasteiger partial charge in [0, 0.05) is 5.39 Å². The van der Waals surface area contributed by atoms with Gasteiger partial charge < -0.3 is 15.0 Å². The van der Waals surface area contributed by atoms with Crippen molar-refractivity contribution in [1.82, 2.24) is 20.2 Å². The number of amides is 1. The normalized spacial score (nSPS) is 10.6. The summed E-state index contributed by atoms with van der Waals surface area (Å²) in [4.78, 5) is 30.5. The number of carbonyl (C=O) groups excluding carboxylic acids is 2. The first-order valence-electron chi connectivity index (χ1n) is 6.47. The van der Waals surface area contributed by atoms with Gasteiger partial charge >= 0.3 is 5.97 Å². The van der Waals surface area contributed by atoms with E-state index < -0.39 is 5.97 Å². The molecule has 1 amide bonds. The number of aromatic amines is 2. The van der Waals surface area contributed by atoms with E-state index in [4.69, 9.17) is 0 Å². The Bertz CT molecular complexity index is 864. The molecule has 0 aliphatic carbocycles. The van der Waals surface area contributed by atoms with Crippen molar-refractivity contribution in [3.63, 3.8) is 0 Å². The molecule has 3 aromatic heterocycles. The molecule has 0 unspecified atom stereocenters. The van der Waals surface area contributed by atoms with E-state index >= 15 is 0 Å². The van der Waals surface area contributed by atoms with Crippen LogP contribution in [0.15, 0.2) is 24.4 Å². The predicted octanol–water partition coefficient (Wildman–Crippen LogP) is 1.63. The zero-order chi connectivity index (χ0) is 15.7. The fourth-order valence-electron chi connectivity index (χ4n) is 2.04. The number of fused-ring (bicyclic) bond motifs is 1. The van der Waals surface area contributed by atoms with Gasteiger partial charge in [-0.1, -0.05) is 0 Å². The van der Waals surface area contributed by atoms with E-state index in [0.29, 0.717) is 28.1 Å². The molecular weight excluding hydrogens is 286 g/mol. The summed E-state index contributed by atoms with van der Waals surface area (Å²) in [6, 6.07) is 4.98. The van der Waals surface area contributed by atoms with E-state index in [1.165, 1.54) is 13.3 Å². The summed E-state index contributed by atoms with van der Waals surface area (Å²) in [7, 11) is 1.30. The molecule has 0 aliphatic heterocycles. The lowest BCUT2D eigenvalue weighted by molar-refractivity contribution is 0.0595. The fourth-order valence-corrected chi connectivity index (χ4v) is 2.04. The van der Waals surface area contributed by atoms with Crippen LogP contribution in [-0.4, -0.2) is 39.2 Å². The van der Waals surface area contributed by atoms with E-state index in [2.05, 4.69) is 30.2 Å². The highest BCUT2D eigenvalue weighted by atomic mass is 16.5. The number of carbonyl (C=O) groups is 2. The molecule has 3 aromatic rings. The Labute approximate surface area is 124 Å². The smallest absolute Gasteiger partial charge is 0.354 e. The number of anilines is 1. The number of nitrogens with one attached hydrogen (secondary N) is 3. The van der Waals surface area contributed by atoms with Crippen molar-refractivity contribution in [2.75, 3.05) is 12.4 Å². The Balaban J connectivity index is 1.85. The van der Waals surface area contributed by atoms with Gasteiger partial charge in [-0.25, -0.2) is 9.78 Å². The summed E-state index contributed by atoms with van der Waals surface area (Å²) in [5.41, 5.74) is 2.45. The van der Waals surface area contributed by atoms with Gasteiger partial charge in [-0.05, 0) is 25.1 Å². The molecule has 22 heavy (non-hydrogen) atoms. The van der Waals surface area contributed by atoms with Crippen molar-refractivity contribution in [1.29, 1.82) is 0 Å². The molecule has 0 fully saturated rings. The lowest BCUT2D eigenvalue weighted by Crippen LogP contribution is -2.12. The molecule has 0 spiro atoms. The molecule has 0 saturated heterocycles. The monoisotopic (exact) mass is 299 g/mol. The molecule has 0 bridgehead atoms. The minimum atomic E-state index is -0.475. The third kappa shape index (κ3) is 2.53. The second-order valence-corrected chi connectivity index (χ2v) is 4.71. The van der Waals surface area contributed by atoms with Crippen LogP contribution < -0.4 is 5.32 Å². The summed E-state index contributed by atoms with van der Waals surface area (Å²) >= 11 is 0. The van der Waals surface area contributed by atoms with Crippen LogP contribution in [0.2, 0.25) is 0 Å². The maximum Gasteiger partial charge on any atom is 0.354 e. The number of ether oxygens (including phenoxy) is 1. The number of aryl methyl sites for hydroxylation is 1. The number of methoxy groups -OCH3 is 1. The van der Waals surface area contributed by atoms with Crippen molar-refractivity contribution in [3.8, 4) is 0 Å². The molecule has 0 aliphatic rings. The van der Waals surface area contributed by atoms with Gasteiger partial charge in [0.25, 0.3) is 5.91 Å². The van der Waals surface area contributed by atoms with Crippen molar-refractivity contribution >= 4 is 28.6 Å². The van der Waals surface area contributed by atoms with Gasteiger partial charge in [0.15, 0.2) is 0 Å². The van der Waals surface area contributed by atoms with Crippen molar-refractivity contribution in [2.45, 2.75) is 6.92 Å². The number of pyridine rings is 1. The number of nitrogens with zero attached hydrogens (tertiary/aromatic N) is 2. The summed E-state index contributed by atoms with van der Waals surface area (Å²) in [6.45, 7) is 1.79. The van der Waals surface area contributed by atoms with Gasteiger partial charge in [-0.15, -0.1) is 0 Å². The highest BCUT2D eigenvalue weighted by Crippen LogP contribution is 2.18. The molecule has 3 heterocycles. The Morgan fingerprint density at radius 3 is 2.73 bits per heavy atom. The quantitative estimate of drug-likeness (QED) is 0.636. The van der Waals surface area contributed by atoms with Crippen LogP contribution in [0.25, 0.3) is 11.0 Å². The molecule has 0 aromatic carbocycles. The van der Waals surface area contributed by atoms with Crippen LogP contribution >= 0.6 is 0 Å². The number of hydrogen-bond donors (Lipinski definition) is 3. The van der Waals surface area contributed by atoms with Crippen LogP contribution in [-0.2, 0) is 4.74 Å². The number of H-pyrrole nitrogens is 2.